The van der Waals surface area contributed by atoms with E-state index in [2.05, 4.69) is 5.32 Å². The molecule has 6 nitrogen and oxygen atoms in total. The molecule has 7 heteroatoms. The number of hydrogen-bond acceptors (Lipinski definition) is 4. The zero-order valence-corrected chi connectivity index (χ0v) is 10.0. The minimum Gasteiger partial charge on any atom is -0.506 e. The maximum Gasteiger partial charge on any atom is 0.326 e. The number of halogens is 1. The SMILES string of the molecule is O=C(N[C@H](CCO)C(=O)O)c1ccc(O)c(Cl)c1. The van der Waals surface area contributed by atoms with E-state index in [1.807, 2.05) is 0 Å². The Kier molecular flexibility index (Phi) is 4.94. The summed E-state index contributed by atoms with van der Waals surface area (Å²) in [6, 6.07) is 2.60. The molecule has 1 aromatic rings. The molecule has 0 radical (unpaired) electrons. The van der Waals surface area contributed by atoms with Crippen molar-refractivity contribution in [2.45, 2.75) is 12.5 Å². The number of carboxylic acids is 1. The number of aliphatic carboxylic acids is 1. The minimum absolute atomic E-state index is 0.00307. The summed E-state index contributed by atoms with van der Waals surface area (Å²) in [5, 5.41) is 28.9. The van der Waals surface area contributed by atoms with Gasteiger partial charge in [0, 0.05) is 18.6 Å². The van der Waals surface area contributed by atoms with Crippen molar-refractivity contribution in [3.8, 4) is 5.75 Å². The van der Waals surface area contributed by atoms with Gasteiger partial charge in [-0.25, -0.2) is 4.79 Å². The van der Waals surface area contributed by atoms with Crippen molar-refractivity contribution in [1.29, 1.82) is 0 Å². The summed E-state index contributed by atoms with van der Waals surface area (Å²) in [7, 11) is 0. The first kappa shape index (κ1) is 14.3. The number of aliphatic hydroxyl groups is 1. The highest BCUT2D eigenvalue weighted by atomic mass is 35.5. The number of carboxylic acid groups (broad SMARTS) is 1. The zero-order chi connectivity index (χ0) is 13.7. The fraction of sp³-hybridized carbons (Fsp3) is 0.273. The topological polar surface area (TPSA) is 107 Å². The molecule has 0 aliphatic carbocycles. The van der Waals surface area contributed by atoms with Gasteiger partial charge in [-0.05, 0) is 18.2 Å². The molecule has 1 aromatic carbocycles. The summed E-state index contributed by atoms with van der Waals surface area (Å²) in [4.78, 5) is 22.5. The Balaban J connectivity index is 2.80. The first-order chi connectivity index (χ1) is 8.45. The second-order valence-electron chi connectivity index (χ2n) is 3.54. The number of carbonyl (C=O) groups excluding carboxylic acids is 1. The number of phenolic OH excluding ortho intramolecular Hbond substituents is 1. The summed E-state index contributed by atoms with van der Waals surface area (Å²) < 4.78 is 0. The van der Waals surface area contributed by atoms with Crippen LogP contribution in [0.2, 0.25) is 5.02 Å². The molecule has 0 unspecified atom stereocenters. The molecule has 0 aliphatic rings. The van der Waals surface area contributed by atoms with Gasteiger partial charge in [0.05, 0.1) is 5.02 Å². The van der Waals surface area contributed by atoms with Gasteiger partial charge in [0.15, 0.2) is 0 Å². The Morgan fingerprint density at radius 1 is 1.39 bits per heavy atom. The van der Waals surface area contributed by atoms with Crippen molar-refractivity contribution in [3.05, 3.63) is 28.8 Å². The number of rotatable bonds is 5. The highest BCUT2D eigenvalue weighted by Gasteiger charge is 2.20. The van der Waals surface area contributed by atoms with E-state index in [0.717, 1.165) is 0 Å². The summed E-state index contributed by atoms with van der Waals surface area (Å²) in [5.41, 5.74) is 0.127. The van der Waals surface area contributed by atoms with E-state index in [4.69, 9.17) is 21.8 Å². The Morgan fingerprint density at radius 3 is 2.56 bits per heavy atom. The summed E-state index contributed by atoms with van der Waals surface area (Å²) >= 11 is 5.63. The molecule has 0 saturated carbocycles. The molecular formula is C11H12ClNO5. The third kappa shape index (κ3) is 3.61. The van der Waals surface area contributed by atoms with E-state index in [9.17, 15) is 14.7 Å². The van der Waals surface area contributed by atoms with E-state index in [0.29, 0.717) is 0 Å². The van der Waals surface area contributed by atoms with Gasteiger partial charge in [0.2, 0.25) is 0 Å². The van der Waals surface area contributed by atoms with Gasteiger partial charge < -0.3 is 20.6 Å². The molecule has 0 aliphatic heterocycles. The Labute approximate surface area is 108 Å². The van der Waals surface area contributed by atoms with Gasteiger partial charge in [-0.3, -0.25) is 4.79 Å². The number of amides is 1. The largest absolute Gasteiger partial charge is 0.506 e. The number of nitrogens with one attached hydrogen (secondary N) is 1. The van der Waals surface area contributed by atoms with E-state index in [1.165, 1.54) is 18.2 Å². The summed E-state index contributed by atoms with van der Waals surface area (Å²) in [6.45, 7) is -0.354. The van der Waals surface area contributed by atoms with Gasteiger partial charge in [-0.2, -0.15) is 0 Å². The van der Waals surface area contributed by atoms with Crippen molar-refractivity contribution >= 4 is 23.5 Å². The number of phenols is 1. The standard InChI is InChI=1S/C11H12ClNO5/c12-7-5-6(1-2-9(7)15)10(16)13-8(3-4-14)11(17)18/h1-2,5,8,14-15H,3-4H2,(H,13,16)(H,17,18)/t8-/m1/s1. The maximum absolute atomic E-state index is 11.7. The number of benzene rings is 1. The van der Waals surface area contributed by atoms with Crippen LogP contribution in [0, 0.1) is 0 Å². The Morgan fingerprint density at radius 2 is 2.06 bits per heavy atom. The van der Waals surface area contributed by atoms with Crippen LogP contribution in [0.3, 0.4) is 0 Å². The first-order valence-electron chi connectivity index (χ1n) is 5.08. The normalized spacial score (nSPS) is 11.9. The van der Waals surface area contributed by atoms with Gasteiger partial charge in [-0.15, -0.1) is 0 Å². The van der Waals surface area contributed by atoms with Crippen LogP contribution in [0.15, 0.2) is 18.2 Å². The van der Waals surface area contributed by atoms with Crippen molar-refractivity contribution < 1.29 is 24.9 Å². The fourth-order valence-electron chi connectivity index (χ4n) is 1.28. The molecule has 1 amide bonds. The predicted molar refractivity (Wildman–Crippen MR) is 63.7 cm³/mol. The lowest BCUT2D eigenvalue weighted by Crippen LogP contribution is -2.41. The minimum atomic E-state index is -1.23. The average Bonchev–Trinajstić information content (AvgIpc) is 2.31. The molecule has 0 saturated heterocycles. The summed E-state index contributed by atoms with van der Waals surface area (Å²) in [5.74, 6) is -2.04. The number of hydrogen-bond donors (Lipinski definition) is 4. The number of carbonyl (C=O) groups is 2. The number of aromatic hydroxyl groups is 1. The van der Waals surface area contributed by atoms with Crippen LogP contribution in [0.4, 0.5) is 0 Å². The fourth-order valence-corrected chi connectivity index (χ4v) is 1.46. The van der Waals surface area contributed by atoms with Gasteiger partial charge in [-0.1, -0.05) is 11.6 Å². The van der Waals surface area contributed by atoms with Crippen molar-refractivity contribution in [2.75, 3.05) is 6.61 Å². The van der Waals surface area contributed by atoms with E-state index in [1.54, 1.807) is 0 Å². The smallest absolute Gasteiger partial charge is 0.326 e. The maximum atomic E-state index is 11.7. The second-order valence-corrected chi connectivity index (χ2v) is 3.95. The van der Waals surface area contributed by atoms with Crippen LogP contribution >= 0.6 is 11.6 Å². The van der Waals surface area contributed by atoms with Crippen molar-refractivity contribution in [1.82, 2.24) is 5.32 Å². The highest BCUT2D eigenvalue weighted by Crippen LogP contribution is 2.23. The zero-order valence-electron chi connectivity index (χ0n) is 9.26. The van der Waals surface area contributed by atoms with Crippen molar-refractivity contribution in [3.63, 3.8) is 0 Å². The molecule has 0 fully saturated rings. The van der Waals surface area contributed by atoms with Crippen LogP contribution < -0.4 is 5.32 Å². The van der Waals surface area contributed by atoms with Crippen LogP contribution in [-0.2, 0) is 4.79 Å². The van der Waals surface area contributed by atoms with Crippen LogP contribution in [0.1, 0.15) is 16.8 Å². The highest BCUT2D eigenvalue weighted by molar-refractivity contribution is 6.32. The Bertz CT molecular complexity index is 463. The molecule has 0 bridgehead atoms. The lowest BCUT2D eigenvalue weighted by Gasteiger charge is -2.13. The molecule has 98 valence electrons. The van der Waals surface area contributed by atoms with Crippen molar-refractivity contribution in [2.24, 2.45) is 0 Å². The molecule has 0 spiro atoms. The number of aliphatic hydroxyl groups excluding tert-OH is 1. The second kappa shape index (κ2) is 6.23. The molecule has 4 N–H and O–H groups in total. The molecule has 1 atom stereocenters. The third-order valence-corrected chi connectivity index (χ3v) is 2.53. The van der Waals surface area contributed by atoms with Crippen LogP contribution in [0.25, 0.3) is 0 Å². The lowest BCUT2D eigenvalue weighted by atomic mass is 10.1. The molecule has 0 heterocycles. The molecular weight excluding hydrogens is 262 g/mol. The monoisotopic (exact) mass is 273 g/mol. The van der Waals surface area contributed by atoms with Crippen LogP contribution in [0.5, 0.6) is 5.75 Å². The van der Waals surface area contributed by atoms with Crippen LogP contribution in [-0.4, -0.2) is 39.8 Å². The third-order valence-electron chi connectivity index (χ3n) is 2.23. The molecule has 18 heavy (non-hydrogen) atoms. The van der Waals surface area contributed by atoms with E-state index >= 15 is 0 Å². The predicted octanol–water partition coefficient (Wildman–Crippen LogP) is 0.611. The molecule has 0 aromatic heterocycles. The molecule has 1 rings (SSSR count). The van der Waals surface area contributed by atoms with Gasteiger partial charge >= 0.3 is 5.97 Å². The quantitative estimate of drug-likeness (QED) is 0.629. The van der Waals surface area contributed by atoms with E-state index < -0.39 is 17.9 Å². The average molecular weight is 274 g/mol. The first-order valence-corrected chi connectivity index (χ1v) is 5.46. The Hall–Kier alpha value is -1.79. The van der Waals surface area contributed by atoms with Gasteiger partial charge in [0.25, 0.3) is 5.91 Å². The summed E-state index contributed by atoms with van der Waals surface area (Å²) in [6.07, 6.45) is -0.0904. The van der Waals surface area contributed by atoms with Gasteiger partial charge in [0.1, 0.15) is 11.8 Å². The lowest BCUT2D eigenvalue weighted by molar-refractivity contribution is -0.139. The van der Waals surface area contributed by atoms with E-state index in [-0.39, 0.29) is 29.4 Å².